The number of aryl methyl sites for hydroxylation is 2. The molecule has 38 heavy (non-hydrogen) atoms. The van der Waals surface area contributed by atoms with Crippen molar-refractivity contribution >= 4 is 24.8 Å². The number of carbonyl (C=O) groups is 4. The van der Waals surface area contributed by atoms with Crippen LogP contribution in [0.3, 0.4) is 0 Å². The van der Waals surface area contributed by atoms with Gasteiger partial charge in [-0.3, -0.25) is 14.9 Å². The van der Waals surface area contributed by atoms with Crippen LogP contribution in [0.5, 0.6) is 5.75 Å². The lowest BCUT2D eigenvalue weighted by Gasteiger charge is -2.28. The van der Waals surface area contributed by atoms with Crippen LogP contribution in [0.4, 0.5) is 0 Å². The van der Waals surface area contributed by atoms with E-state index in [1.54, 1.807) is 31.2 Å². The van der Waals surface area contributed by atoms with Crippen molar-refractivity contribution in [2.45, 2.75) is 44.8 Å². The number of aliphatic hydroxyl groups is 1. The predicted molar refractivity (Wildman–Crippen MR) is 137 cm³/mol. The van der Waals surface area contributed by atoms with E-state index >= 15 is 0 Å². The number of aromatic nitrogens is 1. The van der Waals surface area contributed by atoms with Gasteiger partial charge in [0.05, 0.1) is 6.10 Å². The summed E-state index contributed by atoms with van der Waals surface area (Å²) in [6, 6.07) is 13.4. The van der Waals surface area contributed by atoms with E-state index in [9.17, 15) is 24.3 Å². The molecule has 0 aliphatic rings. The number of aldehydes is 3. The molecule has 0 aliphatic heterocycles. The monoisotopic (exact) mass is 522 g/mol. The molecule has 11 nitrogen and oxygen atoms in total. The minimum atomic E-state index is -1.36. The lowest BCUT2D eigenvalue weighted by Crippen LogP contribution is -2.56. The summed E-state index contributed by atoms with van der Waals surface area (Å²) in [7, 11) is 0. The zero-order valence-corrected chi connectivity index (χ0v) is 21.0. The van der Waals surface area contributed by atoms with Crippen molar-refractivity contribution in [2.75, 3.05) is 6.54 Å². The van der Waals surface area contributed by atoms with E-state index in [0.29, 0.717) is 42.5 Å². The summed E-state index contributed by atoms with van der Waals surface area (Å²) >= 11 is 0. The van der Waals surface area contributed by atoms with Crippen molar-refractivity contribution in [3.8, 4) is 5.75 Å². The average Bonchev–Trinajstić information content (AvgIpc) is 3.37. The molecule has 1 unspecified atom stereocenters. The molecule has 0 bridgehead atoms. The first kappa shape index (κ1) is 28.4. The molecule has 4 N–H and O–H groups in total. The molecule has 0 saturated heterocycles. The van der Waals surface area contributed by atoms with Gasteiger partial charge >= 0.3 is 0 Å². The van der Waals surface area contributed by atoms with Gasteiger partial charge in [0.2, 0.25) is 0 Å². The second-order valence-corrected chi connectivity index (χ2v) is 8.69. The van der Waals surface area contributed by atoms with E-state index in [4.69, 9.17) is 9.26 Å². The van der Waals surface area contributed by atoms with Gasteiger partial charge in [0, 0.05) is 24.7 Å². The number of amides is 1. The first-order valence-corrected chi connectivity index (χ1v) is 11.9. The third-order valence-corrected chi connectivity index (χ3v) is 5.66. The van der Waals surface area contributed by atoms with E-state index in [1.807, 2.05) is 31.2 Å². The highest BCUT2D eigenvalue weighted by molar-refractivity contribution is 5.93. The molecule has 0 spiro atoms. The minimum absolute atomic E-state index is 0.0327. The summed E-state index contributed by atoms with van der Waals surface area (Å²) in [5, 5.41) is 22.6. The minimum Gasteiger partial charge on any atom is -0.473 e. The fourth-order valence-electron chi connectivity index (χ4n) is 3.47. The second-order valence-electron chi connectivity index (χ2n) is 8.69. The highest BCUT2D eigenvalue weighted by Crippen LogP contribution is 2.14. The van der Waals surface area contributed by atoms with Gasteiger partial charge in [0.1, 0.15) is 42.5 Å². The molecule has 2 aromatic carbocycles. The number of benzene rings is 2. The normalized spacial score (nSPS) is 14.1. The van der Waals surface area contributed by atoms with Crippen molar-refractivity contribution in [1.29, 1.82) is 0 Å². The van der Waals surface area contributed by atoms with Gasteiger partial charge in [-0.25, -0.2) is 0 Å². The van der Waals surface area contributed by atoms with Crippen LogP contribution in [-0.4, -0.2) is 66.0 Å². The van der Waals surface area contributed by atoms with Crippen molar-refractivity contribution in [2.24, 2.45) is 0 Å². The molecular weight excluding hydrogens is 492 g/mol. The summed E-state index contributed by atoms with van der Waals surface area (Å²) < 4.78 is 10.8. The number of aliphatic hydroxyl groups excluding tert-OH is 1. The molecule has 0 radical (unpaired) electrons. The van der Waals surface area contributed by atoms with Crippen LogP contribution in [0.1, 0.15) is 37.7 Å². The first-order chi connectivity index (χ1) is 18.3. The van der Waals surface area contributed by atoms with Crippen molar-refractivity contribution in [3.05, 3.63) is 82.7 Å². The van der Waals surface area contributed by atoms with Crippen LogP contribution in [-0.2, 0) is 16.1 Å². The molecule has 3 aromatic rings. The highest BCUT2D eigenvalue weighted by atomic mass is 16.5. The Morgan fingerprint density at radius 1 is 1.00 bits per heavy atom. The van der Waals surface area contributed by atoms with E-state index < -0.39 is 30.3 Å². The molecular formula is C27H30N4O7. The standard InChI is InChI=1S/C27H30N4O7/c1-17-3-5-19(6-4-17)12-29-27(37-21-9-7-20(14-32)8-10-21)24(16-34)28-13-25(35)23(15-33)30-26(36)22-11-18(2)38-31-22/h3-11,14-16,23-25,27-29,35H,12-13H2,1-2H3,(H,30,36)/t23-,24?,25+,27+/m1/s1. The maximum Gasteiger partial charge on any atom is 0.274 e. The molecule has 0 fully saturated rings. The van der Waals surface area contributed by atoms with Crippen molar-refractivity contribution < 1.29 is 33.5 Å². The Kier molecular flexibility index (Phi) is 10.4. The van der Waals surface area contributed by atoms with Gasteiger partial charge < -0.3 is 34.6 Å². The summed E-state index contributed by atoms with van der Waals surface area (Å²) in [6.07, 6.45) is -0.529. The fraction of sp³-hybridized carbons (Fsp3) is 0.296. The molecule has 1 amide bonds. The van der Waals surface area contributed by atoms with Gasteiger partial charge in [-0.15, -0.1) is 0 Å². The first-order valence-electron chi connectivity index (χ1n) is 11.9. The van der Waals surface area contributed by atoms with E-state index in [2.05, 4.69) is 21.1 Å². The molecule has 1 aromatic heterocycles. The predicted octanol–water partition coefficient (Wildman–Crippen LogP) is 1.11. The number of rotatable bonds is 15. The maximum absolute atomic E-state index is 12.3. The zero-order chi connectivity index (χ0) is 27.5. The Bertz CT molecular complexity index is 1210. The van der Waals surface area contributed by atoms with Gasteiger partial charge in [0.15, 0.2) is 11.9 Å². The SMILES string of the molecule is Cc1ccc(CN[C@@H](Oc2ccc(C=O)cc2)C(C=O)NC[C@H](O)[C@@H](C=O)NC(=O)c2cc(C)on2)cc1. The quantitative estimate of drug-likeness (QED) is 0.168. The Morgan fingerprint density at radius 3 is 2.26 bits per heavy atom. The Hall–Kier alpha value is -4.19. The van der Waals surface area contributed by atoms with E-state index in [-0.39, 0.29) is 12.2 Å². The molecule has 200 valence electrons. The third kappa shape index (κ3) is 8.17. The third-order valence-electron chi connectivity index (χ3n) is 5.66. The summed E-state index contributed by atoms with van der Waals surface area (Å²) in [4.78, 5) is 46.9. The Balaban J connectivity index is 1.67. The van der Waals surface area contributed by atoms with Gasteiger partial charge in [-0.05, 0) is 43.7 Å². The van der Waals surface area contributed by atoms with Crippen LogP contribution in [0.2, 0.25) is 0 Å². The van der Waals surface area contributed by atoms with Crippen molar-refractivity contribution in [1.82, 2.24) is 21.1 Å². The molecule has 1 heterocycles. The Morgan fingerprint density at radius 2 is 1.68 bits per heavy atom. The highest BCUT2D eigenvalue weighted by Gasteiger charge is 2.27. The summed E-state index contributed by atoms with van der Waals surface area (Å²) in [5.41, 5.74) is 2.50. The van der Waals surface area contributed by atoms with Gasteiger partial charge in [-0.2, -0.15) is 0 Å². The van der Waals surface area contributed by atoms with Gasteiger partial charge in [0.25, 0.3) is 5.91 Å². The molecule has 11 heteroatoms. The summed E-state index contributed by atoms with van der Waals surface area (Å²) in [6.45, 7) is 3.74. The van der Waals surface area contributed by atoms with Crippen molar-refractivity contribution in [3.63, 3.8) is 0 Å². The number of carbonyl (C=O) groups excluding carboxylic acids is 4. The largest absolute Gasteiger partial charge is 0.473 e. The number of ether oxygens (including phenoxy) is 1. The lowest BCUT2D eigenvalue weighted by atomic mass is 10.1. The van der Waals surface area contributed by atoms with Crippen LogP contribution >= 0.6 is 0 Å². The maximum atomic E-state index is 12.3. The molecule has 3 rings (SSSR count). The number of hydrogen-bond donors (Lipinski definition) is 4. The smallest absolute Gasteiger partial charge is 0.274 e. The number of nitrogens with zero attached hydrogens (tertiary/aromatic N) is 1. The topological polar surface area (TPSA) is 160 Å². The van der Waals surface area contributed by atoms with Crippen LogP contribution < -0.4 is 20.7 Å². The van der Waals surface area contributed by atoms with Gasteiger partial charge in [-0.1, -0.05) is 35.0 Å². The Labute approximate surface area is 219 Å². The van der Waals surface area contributed by atoms with Crippen LogP contribution in [0.25, 0.3) is 0 Å². The van der Waals surface area contributed by atoms with Crippen LogP contribution in [0, 0.1) is 13.8 Å². The lowest BCUT2D eigenvalue weighted by molar-refractivity contribution is -0.112. The number of hydrogen-bond acceptors (Lipinski definition) is 10. The molecule has 4 atom stereocenters. The van der Waals surface area contributed by atoms with E-state index in [0.717, 1.165) is 11.1 Å². The second kappa shape index (κ2) is 13.9. The fourth-order valence-corrected chi connectivity index (χ4v) is 3.47. The average molecular weight is 523 g/mol. The number of nitrogens with one attached hydrogen (secondary N) is 3. The zero-order valence-electron chi connectivity index (χ0n) is 21.0. The molecule has 0 saturated carbocycles. The molecule has 0 aliphatic carbocycles. The van der Waals surface area contributed by atoms with Crippen LogP contribution in [0.15, 0.2) is 59.1 Å². The summed E-state index contributed by atoms with van der Waals surface area (Å²) in [5.74, 6) is 0.135. The van der Waals surface area contributed by atoms with E-state index in [1.165, 1.54) is 6.07 Å².